The zero-order valence-electron chi connectivity index (χ0n) is 12.4. The van der Waals surface area contributed by atoms with E-state index in [2.05, 4.69) is 17.0 Å². The molecule has 20 heavy (non-hydrogen) atoms. The first-order valence-electron chi connectivity index (χ1n) is 7.21. The second-order valence-corrected chi connectivity index (χ2v) is 5.87. The molecule has 0 aromatic heterocycles. The quantitative estimate of drug-likeness (QED) is 0.595. The summed E-state index contributed by atoms with van der Waals surface area (Å²) in [6.45, 7) is 3.63. The molecule has 1 aliphatic carbocycles. The number of hydrogen-bond acceptors (Lipinski definition) is 3. The van der Waals surface area contributed by atoms with Crippen molar-refractivity contribution in [2.24, 2.45) is 11.3 Å². The standard InChI is InChI=1S/C14H26F3NO2/c1-13(12-4-5-12,10-18-7-9-19-2)6-3-8-20-11-14(15,16)17/h12,18H,3-11H2,1-2H3. The van der Waals surface area contributed by atoms with Crippen molar-refractivity contribution in [3.05, 3.63) is 0 Å². The fourth-order valence-corrected chi connectivity index (χ4v) is 2.53. The zero-order chi connectivity index (χ0) is 15.1. The molecule has 0 radical (unpaired) electrons. The number of ether oxygens (including phenoxy) is 2. The van der Waals surface area contributed by atoms with Crippen LogP contribution in [-0.4, -0.2) is 46.2 Å². The van der Waals surface area contributed by atoms with E-state index in [1.165, 1.54) is 12.8 Å². The Morgan fingerprint density at radius 2 is 1.90 bits per heavy atom. The predicted molar refractivity (Wildman–Crippen MR) is 71.7 cm³/mol. The van der Waals surface area contributed by atoms with Gasteiger partial charge in [-0.3, -0.25) is 0 Å². The molecule has 1 rings (SSSR count). The second kappa shape index (κ2) is 8.20. The van der Waals surface area contributed by atoms with E-state index in [-0.39, 0.29) is 12.0 Å². The average Bonchev–Trinajstić information content (AvgIpc) is 3.17. The van der Waals surface area contributed by atoms with E-state index in [1.54, 1.807) is 7.11 Å². The Bertz CT molecular complexity index is 270. The van der Waals surface area contributed by atoms with E-state index in [0.717, 1.165) is 19.5 Å². The van der Waals surface area contributed by atoms with Gasteiger partial charge in [-0.1, -0.05) is 6.92 Å². The van der Waals surface area contributed by atoms with Gasteiger partial charge in [0.1, 0.15) is 6.61 Å². The largest absolute Gasteiger partial charge is 0.411 e. The molecule has 0 heterocycles. The molecule has 0 aromatic rings. The van der Waals surface area contributed by atoms with Gasteiger partial charge < -0.3 is 14.8 Å². The lowest BCUT2D eigenvalue weighted by Crippen LogP contribution is -2.35. The summed E-state index contributed by atoms with van der Waals surface area (Å²) in [5.74, 6) is 0.695. The van der Waals surface area contributed by atoms with Gasteiger partial charge in [-0.05, 0) is 37.0 Å². The van der Waals surface area contributed by atoms with Gasteiger partial charge >= 0.3 is 6.18 Å². The number of halogens is 3. The molecule has 1 fully saturated rings. The predicted octanol–water partition coefficient (Wildman–Crippen LogP) is 3.00. The van der Waals surface area contributed by atoms with Gasteiger partial charge in [-0.15, -0.1) is 0 Å². The topological polar surface area (TPSA) is 30.5 Å². The lowest BCUT2D eigenvalue weighted by molar-refractivity contribution is -0.174. The summed E-state index contributed by atoms with van der Waals surface area (Å²) in [5.41, 5.74) is 0.162. The highest BCUT2D eigenvalue weighted by molar-refractivity contribution is 4.92. The summed E-state index contributed by atoms with van der Waals surface area (Å²) in [6, 6.07) is 0. The Kier molecular flexibility index (Phi) is 7.26. The Morgan fingerprint density at radius 1 is 1.20 bits per heavy atom. The third-order valence-electron chi connectivity index (χ3n) is 3.88. The van der Waals surface area contributed by atoms with E-state index in [9.17, 15) is 13.2 Å². The van der Waals surface area contributed by atoms with Crippen molar-refractivity contribution < 1.29 is 22.6 Å². The van der Waals surface area contributed by atoms with Crippen LogP contribution >= 0.6 is 0 Å². The minimum atomic E-state index is -4.22. The molecule has 1 N–H and O–H groups in total. The summed E-state index contributed by atoms with van der Waals surface area (Å²) < 4.78 is 45.5. The highest BCUT2D eigenvalue weighted by Gasteiger charge is 2.40. The number of methoxy groups -OCH3 is 1. The molecular weight excluding hydrogens is 271 g/mol. The molecule has 0 aromatic carbocycles. The fraction of sp³-hybridized carbons (Fsp3) is 1.00. The van der Waals surface area contributed by atoms with Crippen LogP contribution in [0.2, 0.25) is 0 Å². The maximum Gasteiger partial charge on any atom is 0.411 e. The van der Waals surface area contributed by atoms with Gasteiger partial charge in [0.05, 0.1) is 6.61 Å². The molecule has 3 nitrogen and oxygen atoms in total. The molecular formula is C14H26F3NO2. The van der Waals surface area contributed by atoms with Gasteiger partial charge in [0.15, 0.2) is 0 Å². The van der Waals surface area contributed by atoms with Crippen LogP contribution in [0.3, 0.4) is 0 Å². The van der Waals surface area contributed by atoms with Crippen LogP contribution in [0.25, 0.3) is 0 Å². The lowest BCUT2D eigenvalue weighted by Gasteiger charge is -2.30. The van der Waals surface area contributed by atoms with Crippen molar-refractivity contribution >= 4 is 0 Å². The first-order valence-corrected chi connectivity index (χ1v) is 7.21. The van der Waals surface area contributed by atoms with E-state index >= 15 is 0 Å². The van der Waals surface area contributed by atoms with E-state index in [0.29, 0.717) is 18.9 Å². The average molecular weight is 297 g/mol. The molecule has 1 atom stereocenters. The molecule has 0 spiro atoms. The molecule has 120 valence electrons. The van der Waals surface area contributed by atoms with Crippen LogP contribution in [-0.2, 0) is 9.47 Å². The number of alkyl halides is 3. The number of nitrogens with one attached hydrogen (secondary N) is 1. The van der Waals surface area contributed by atoms with Gasteiger partial charge in [0.25, 0.3) is 0 Å². The molecule has 0 saturated heterocycles. The van der Waals surface area contributed by atoms with Crippen LogP contribution < -0.4 is 5.32 Å². The smallest absolute Gasteiger partial charge is 0.383 e. The van der Waals surface area contributed by atoms with Crippen molar-refractivity contribution in [1.82, 2.24) is 5.32 Å². The Labute approximate surface area is 119 Å². The van der Waals surface area contributed by atoms with Crippen molar-refractivity contribution in [1.29, 1.82) is 0 Å². The SMILES string of the molecule is COCCNCC(C)(CCCOCC(F)(F)F)C1CC1. The molecule has 0 bridgehead atoms. The summed E-state index contributed by atoms with van der Waals surface area (Å²) >= 11 is 0. The van der Waals surface area contributed by atoms with Crippen molar-refractivity contribution in [2.75, 3.05) is 40.0 Å². The van der Waals surface area contributed by atoms with Crippen LogP contribution in [0.1, 0.15) is 32.6 Å². The Morgan fingerprint density at radius 3 is 2.45 bits per heavy atom. The number of hydrogen-bond donors (Lipinski definition) is 1. The van der Waals surface area contributed by atoms with Gasteiger partial charge in [0, 0.05) is 26.8 Å². The zero-order valence-corrected chi connectivity index (χ0v) is 12.4. The summed E-state index contributed by atoms with van der Waals surface area (Å²) in [6.07, 6.45) is -0.191. The van der Waals surface area contributed by atoms with Crippen LogP contribution in [0.4, 0.5) is 13.2 Å². The minimum Gasteiger partial charge on any atom is -0.383 e. The van der Waals surface area contributed by atoms with Crippen molar-refractivity contribution in [3.8, 4) is 0 Å². The highest BCUT2D eigenvalue weighted by atomic mass is 19.4. The van der Waals surface area contributed by atoms with Crippen LogP contribution in [0, 0.1) is 11.3 Å². The molecule has 1 saturated carbocycles. The maximum atomic E-state index is 11.9. The van der Waals surface area contributed by atoms with Crippen LogP contribution in [0.15, 0.2) is 0 Å². The minimum absolute atomic E-state index is 0.162. The van der Waals surface area contributed by atoms with E-state index in [4.69, 9.17) is 4.74 Å². The molecule has 0 amide bonds. The third kappa shape index (κ3) is 7.45. The van der Waals surface area contributed by atoms with E-state index < -0.39 is 12.8 Å². The molecule has 0 aliphatic heterocycles. The normalized spacial score (nSPS) is 19.1. The monoisotopic (exact) mass is 297 g/mol. The number of rotatable bonds is 11. The third-order valence-corrected chi connectivity index (χ3v) is 3.88. The van der Waals surface area contributed by atoms with Gasteiger partial charge in [0.2, 0.25) is 0 Å². The second-order valence-electron chi connectivity index (χ2n) is 5.87. The van der Waals surface area contributed by atoms with Gasteiger partial charge in [-0.2, -0.15) is 13.2 Å². The molecule has 1 unspecified atom stereocenters. The first-order chi connectivity index (χ1) is 9.37. The summed E-state index contributed by atoms with van der Waals surface area (Å²) in [7, 11) is 1.67. The van der Waals surface area contributed by atoms with Crippen molar-refractivity contribution in [2.45, 2.75) is 38.8 Å². The highest BCUT2D eigenvalue weighted by Crippen LogP contribution is 2.47. The Balaban J connectivity index is 2.18. The maximum absolute atomic E-state index is 11.9. The van der Waals surface area contributed by atoms with Crippen molar-refractivity contribution in [3.63, 3.8) is 0 Å². The van der Waals surface area contributed by atoms with E-state index in [1.807, 2.05) is 0 Å². The van der Waals surface area contributed by atoms with Crippen LogP contribution in [0.5, 0.6) is 0 Å². The molecule has 1 aliphatic rings. The fourth-order valence-electron chi connectivity index (χ4n) is 2.53. The first kappa shape index (κ1) is 17.7. The van der Waals surface area contributed by atoms with Gasteiger partial charge in [-0.25, -0.2) is 0 Å². The molecule has 6 heteroatoms. The Hall–Kier alpha value is -0.330. The lowest BCUT2D eigenvalue weighted by atomic mass is 9.80. The summed E-state index contributed by atoms with van der Waals surface area (Å²) in [5, 5.41) is 3.37. The summed E-state index contributed by atoms with van der Waals surface area (Å²) in [4.78, 5) is 0.